The van der Waals surface area contributed by atoms with E-state index in [2.05, 4.69) is 20.4 Å². The zero-order chi connectivity index (χ0) is 24.7. The monoisotopic (exact) mass is 481 g/mol. The van der Waals surface area contributed by atoms with Crippen molar-refractivity contribution < 1.29 is 22.7 Å². The zero-order valence-corrected chi connectivity index (χ0v) is 18.5. The molecule has 10 heteroatoms. The van der Waals surface area contributed by atoms with Gasteiger partial charge in [-0.15, -0.1) is 0 Å². The van der Waals surface area contributed by atoms with Crippen LogP contribution in [0.25, 0.3) is 16.9 Å². The second-order valence-electron chi connectivity index (χ2n) is 7.59. The number of aromatic nitrogens is 3. The molecule has 0 saturated heterocycles. The van der Waals surface area contributed by atoms with Crippen molar-refractivity contribution in [2.24, 2.45) is 0 Å². The predicted octanol–water partition coefficient (Wildman–Crippen LogP) is 4.87. The van der Waals surface area contributed by atoms with Crippen LogP contribution in [0.4, 0.5) is 18.0 Å². The largest absolute Gasteiger partial charge is 0.468 e. The smallest absolute Gasteiger partial charge is 0.422 e. The van der Waals surface area contributed by atoms with Crippen molar-refractivity contribution in [2.45, 2.75) is 19.3 Å². The SMILES string of the molecule is O=C(NCc1ccc(OCC(F)(F)F)nc1)NCc1cn(-c2ccccc2)nc1-c1ccccc1. The minimum Gasteiger partial charge on any atom is -0.468 e. The molecule has 0 fully saturated rings. The number of carbonyl (C=O) groups is 1. The lowest BCUT2D eigenvalue weighted by molar-refractivity contribution is -0.154. The van der Waals surface area contributed by atoms with Gasteiger partial charge in [-0.1, -0.05) is 54.6 Å². The van der Waals surface area contributed by atoms with Crippen LogP contribution in [0.2, 0.25) is 0 Å². The molecule has 35 heavy (non-hydrogen) atoms. The van der Waals surface area contributed by atoms with Crippen LogP contribution in [0.1, 0.15) is 11.1 Å². The number of benzene rings is 2. The maximum Gasteiger partial charge on any atom is 0.422 e. The van der Waals surface area contributed by atoms with Gasteiger partial charge in [-0.2, -0.15) is 18.3 Å². The van der Waals surface area contributed by atoms with Crippen LogP contribution < -0.4 is 15.4 Å². The molecule has 2 heterocycles. The minimum atomic E-state index is -4.43. The van der Waals surface area contributed by atoms with Crippen molar-refractivity contribution in [3.63, 3.8) is 0 Å². The average Bonchev–Trinajstić information content (AvgIpc) is 3.30. The lowest BCUT2D eigenvalue weighted by Gasteiger charge is -2.10. The Morgan fingerprint density at radius 1 is 0.914 bits per heavy atom. The molecule has 0 radical (unpaired) electrons. The summed E-state index contributed by atoms with van der Waals surface area (Å²) in [7, 11) is 0. The Morgan fingerprint density at radius 3 is 2.26 bits per heavy atom. The number of carbonyl (C=O) groups excluding carboxylic acids is 1. The molecular weight excluding hydrogens is 459 g/mol. The van der Waals surface area contributed by atoms with Crippen LogP contribution >= 0.6 is 0 Å². The number of urea groups is 1. The predicted molar refractivity (Wildman–Crippen MR) is 124 cm³/mol. The van der Waals surface area contributed by atoms with Gasteiger partial charge in [0.15, 0.2) is 6.61 Å². The number of nitrogens with zero attached hydrogens (tertiary/aromatic N) is 3. The fourth-order valence-electron chi connectivity index (χ4n) is 3.27. The second kappa shape index (κ2) is 10.7. The molecule has 4 rings (SSSR count). The van der Waals surface area contributed by atoms with Gasteiger partial charge in [0.1, 0.15) is 0 Å². The van der Waals surface area contributed by atoms with Crippen molar-refractivity contribution in [1.29, 1.82) is 0 Å². The van der Waals surface area contributed by atoms with Gasteiger partial charge in [0.05, 0.1) is 11.4 Å². The highest BCUT2D eigenvalue weighted by molar-refractivity contribution is 5.74. The number of amides is 2. The summed E-state index contributed by atoms with van der Waals surface area (Å²) in [6, 6.07) is 21.8. The second-order valence-corrected chi connectivity index (χ2v) is 7.59. The fraction of sp³-hybridized carbons (Fsp3) is 0.160. The molecule has 2 aromatic carbocycles. The molecule has 2 amide bonds. The maximum absolute atomic E-state index is 12.4. The quantitative estimate of drug-likeness (QED) is 0.376. The molecule has 0 atom stereocenters. The molecule has 180 valence electrons. The van der Waals surface area contributed by atoms with Crippen molar-refractivity contribution in [2.75, 3.05) is 6.61 Å². The first kappa shape index (κ1) is 23.8. The number of hydrogen-bond donors (Lipinski definition) is 2. The third kappa shape index (κ3) is 6.83. The van der Waals surface area contributed by atoms with Gasteiger partial charge in [0, 0.05) is 42.7 Å². The van der Waals surface area contributed by atoms with Crippen LogP contribution in [-0.2, 0) is 13.1 Å². The van der Waals surface area contributed by atoms with Gasteiger partial charge < -0.3 is 15.4 Å². The van der Waals surface area contributed by atoms with E-state index in [0.29, 0.717) is 5.56 Å². The van der Waals surface area contributed by atoms with E-state index in [1.807, 2.05) is 66.9 Å². The molecule has 0 aliphatic heterocycles. The third-order valence-electron chi connectivity index (χ3n) is 4.93. The number of hydrogen-bond acceptors (Lipinski definition) is 4. The van der Waals surface area contributed by atoms with E-state index in [1.165, 1.54) is 18.3 Å². The number of rotatable bonds is 8. The Morgan fingerprint density at radius 2 is 1.60 bits per heavy atom. The number of pyridine rings is 1. The molecule has 4 aromatic rings. The van der Waals surface area contributed by atoms with Gasteiger partial charge in [0.25, 0.3) is 0 Å². The van der Waals surface area contributed by atoms with E-state index >= 15 is 0 Å². The zero-order valence-electron chi connectivity index (χ0n) is 18.5. The molecule has 2 aromatic heterocycles. The molecule has 0 aliphatic rings. The van der Waals surface area contributed by atoms with Gasteiger partial charge >= 0.3 is 12.2 Å². The Kier molecular flexibility index (Phi) is 7.30. The Bertz CT molecular complexity index is 1240. The summed E-state index contributed by atoms with van der Waals surface area (Å²) in [5.74, 6) is -0.139. The van der Waals surface area contributed by atoms with Gasteiger partial charge in [-0.25, -0.2) is 14.5 Å². The van der Waals surface area contributed by atoms with Crippen LogP contribution in [0, 0.1) is 0 Å². The molecule has 0 spiro atoms. The summed E-state index contributed by atoms with van der Waals surface area (Å²) in [6.45, 7) is -1.02. The van der Waals surface area contributed by atoms with Gasteiger partial charge in [-0.05, 0) is 17.7 Å². The number of para-hydroxylation sites is 1. The number of alkyl halides is 3. The topological polar surface area (TPSA) is 81.1 Å². The Labute approximate surface area is 199 Å². The van der Waals surface area contributed by atoms with Crippen LogP contribution in [0.3, 0.4) is 0 Å². The summed E-state index contributed by atoms with van der Waals surface area (Å²) in [4.78, 5) is 16.2. The molecule has 0 bridgehead atoms. The molecule has 2 N–H and O–H groups in total. The maximum atomic E-state index is 12.4. The van der Waals surface area contributed by atoms with Gasteiger partial charge in [-0.3, -0.25) is 0 Å². The molecular formula is C25H22F3N5O2. The van der Waals surface area contributed by atoms with Crippen molar-refractivity contribution >= 4 is 6.03 Å². The van der Waals surface area contributed by atoms with E-state index in [-0.39, 0.29) is 19.0 Å². The van der Waals surface area contributed by atoms with E-state index in [4.69, 9.17) is 5.10 Å². The molecule has 0 unspecified atom stereocenters. The Hall–Kier alpha value is -4.34. The normalized spacial score (nSPS) is 11.2. The minimum absolute atomic E-state index is 0.139. The van der Waals surface area contributed by atoms with Crippen LogP contribution in [0.15, 0.2) is 85.2 Å². The Balaban J connectivity index is 1.36. The van der Waals surface area contributed by atoms with Crippen molar-refractivity contribution in [3.8, 4) is 22.8 Å². The summed E-state index contributed by atoms with van der Waals surface area (Å²) in [5.41, 5.74) is 4.03. The standard InChI is InChI=1S/C25H22F3N5O2/c26-25(27,28)17-35-22-12-11-18(13-29-22)14-30-24(34)31-15-20-16-33(21-9-5-2-6-10-21)32-23(20)19-7-3-1-4-8-19/h1-13,16H,14-15,17H2,(H2,30,31,34). The summed E-state index contributed by atoms with van der Waals surface area (Å²) in [6.07, 6.45) is -1.21. The third-order valence-corrected chi connectivity index (χ3v) is 4.93. The number of nitrogens with one attached hydrogen (secondary N) is 2. The fourth-order valence-corrected chi connectivity index (χ4v) is 3.27. The average molecular weight is 481 g/mol. The molecule has 0 aliphatic carbocycles. The highest BCUT2D eigenvalue weighted by atomic mass is 19.4. The van der Waals surface area contributed by atoms with E-state index in [9.17, 15) is 18.0 Å². The lowest BCUT2D eigenvalue weighted by atomic mass is 10.1. The van der Waals surface area contributed by atoms with E-state index < -0.39 is 18.8 Å². The number of halogens is 3. The number of ether oxygens (including phenoxy) is 1. The van der Waals surface area contributed by atoms with E-state index in [0.717, 1.165) is 22.5 Å². The first-order valence-corrected chi connectivity index (χ1v) is 10.7. The van der Waals surface area contributed by atoms with Crippen LogP contribution in [-0.4, -0.2) is 33.6 Å². The van der Waals surface area contributed by atoms with E-state index in [1.54, 1.807) is 4.68 Å². The first-order valence-electron chi connectivity index (χ1n) is 10.7. The van der Waals surface area contributed by atoms with Crippen LogP contribution in [0.5, 0.6) is 5.88 Å². The summed E-state index contributed by atoms with van der Waals surface area (Å²) in [5, 5.41) is 10.2. The van der Waals surface area contributed by atoms with Gasteiger partial charge in [0.2, 0.25) is 5.88 Å². The first-order chi connectivity index (χ1) is 16.9. The summed E-state index contributed by atoms with van der Waals surface area (Å²) >= 11 is 0. The highest BCUT2D eigenvalue weighted by Gasteiger charge is 2.28. The summed E-state index contributed by atoms with van der Waals surface area (Å²) < 4.78 is 43.0. The molecule has 0 saturated carbocycles. The van der Waals surface area contributed by atoms with Crippen molar-refractivity contribution in [3.05, 3.63) is 96.3 Å². The molecule has 7 nitrogen and oxygen atoms in total. The lowest BCUT2D eigenvalue weighted by Crippen LogP contribution is -2.34. The highest BCUT2D eigenvalue weighted by Crippen LogP contribution is 2.23. The van der Waals surface area contributed by atoms with Crippen molar-refractivity contribution in [1.82, 2.24) is 25.4 Å².